The molecule has 1 aromatic carbocycles. The maximum Gasteiger partial charge on any atom is 0.0998 e. The third kappa shape index (κ3) is 3.17. The lowest BCUT2D eigenvalue weighted by Crippen LogP contribution is -1.99. The molecular weight excluding hydrogens is 362 g/mol. The Bertz CT molecular complexity index is 947. The van der Waals surface area contributed by atoms with Crippen LogP contribution in [0.2, 0.25) is 0 Å². The lowest BCUT2D eigenvalue weighted by Gasteiger charge is -2.08. The molecular formula is C20H16BrN3. The van der Waals surface area contributed by atoms with Crippen molar-refractivity contribution in [2.45, 2.75) is 13.8 Å². The summed E-state index contributed by atoms with van der Waals surface area (Å²) < 4.78 is 3.11. The van der Waals surface area contributed by atoms with Crippen molar-refractivity contribution in [3.8, 4) is 11.8 Å². The lowest BCUT2D eigenvalue weighted by molar-refractivity contribution is 0.954. The van der Waals surface area contributed by atoms with Gasteiger partial charge in [-0.2, -0.15) is 5.26 Å². The van der Waals surface area contributed by atoms with Crippen LogP contribution in [-0.2, 0) is 0 Å². The van der Waals surface area contributed by atoms with Gasteiger partial charge in [-0.25, -0.2) is 0 Å². The number of benzene rings is 1. The van der Waals surface area contributed by atoms with E-state index in [-0.39, 0.29) is 0 Å². The molecule has 3 aromatic rings. The first kappa shape index (κ1) is 16.2. The van der Waals surface area contributed by atoms with Gasteiger partial charge < -0.3 is 4.57 Å². The third-order valence-electron chi connectivity index (χ3n) is 3.93. The molecule has 2 aromatic heterocycles. The Morgan fingerprint density at radius 1 is 1.21 bits per heavy atom. The SMILES string of the molecule is Cc1cc(C=C(C#N)c2cccc(Br)c2)c(C)n1-c1cccnc1. The molecule has 0 amide bonds. The van der Waals surface area contributed by atoms with Gasteiger partial charge in [-0.3, -0.25) is 4.98 Å². The van der Waals surface area contributed by atoms with Crippen molar-refractivity contribution in [3.63, 3.8) is 0 Å². The minimum atomic E-state index is 0.641. The van der Waals surface area contributed by atoms with Crippen LogP contribution in [0.15, 0.2) is 59.3 Å². The first-order valence-electron chi connectivity index (χ1n) is 7.57. The highest BCUT2D eigenvalue weighted by Crippen LogP contribution is 2.26. The van der Waals surface area contributed by atoms with Gasteiger partial charge in [-0.05, 0) is 61.4 Å². The zero-order valence-corrected chi connectivity index (χ0v) is 15.1. The van der Waals surface area contributed by atoms with Crippen LogP contribution in [0.4, 0.5) is 0 Å². The Labute approximate surface area is 150 Å². The monoisotopic (exact) mass is 377 g/mol. The summed E-state index contributed by atoms with van der Waals surface area (Å²) in [4.78, 5) is 4.19. The Hall–Kier alpha value is -2.64. The summed E-state index contributed by atoms with van der Waals surface area (Å²) in [6, 6.07) is 16.1. The molecule has 0 aliphatic heterocycles. The molecule has 0 unspecified atom stereocenters. The highest BCUT2D eigenvalue weighted by atomic mass is 79.9. The fourth-order valence-corrected chi connectivity index (χ4v) is 3.21. The predicted molar refractivity (Wildman–Crippen MR) is 101 cm³/mol. The van der Waals surface area contributed by atoms with E-state index in [2.05, 4.69) is 51.5 Å². The molecule has 4 heteroatoms. The van der Waals surface area contributed by atoms with Gasteiger partial charge in [0.25, 0.3) is 0 Å². The van der Waals surface area contributed by atoms with Crippen molar-refractivity contribution in [1.82, 2.24) is 9.55 Å². The molecule has 2 heterocycles. The van der Waals surface area contributed by atoms with Gasteiger partial charge in [-0.1, -0.05) is 28.1 Å². The van der Waals surface area contributed by atoms with Gasteiger partial charge in [0.15, 0.2) is 0 Å². The minimum absolute atomic E-state index is 0.641. The normalized spacial score (nSPS) is 11.3. The second-order valence-electron chi connectivity index (χ2n) is 5.55. The number of hydrogen-bond acceptors (Lipinski definition) is 2. The number of halogens is 1. The predicted octanol–water partition coefficient (Wildman–Crippen LogP) is 5.32. The summed E-state index contributed by atoms with van der Waals surface area (Å²) in [6.45, 7) is 4.12. The van der Waals surface area contributed by atoms with E-state index < -0.39 is 0 Å². The van der Waals surface area contributed by atoms with E-state index in [1.165, 1.54) is 0 Å². The minimum Gasteiger partial charge on any atom is -0.316 e. The molecule has 0 saturated carbocycles. The maximum absolute atomic E-state index is 9.57. The molecule has 0 radical (unpaired) electrons. The summed E-state index contributed by atoms with van der Waals surface area (Å²) in [7, 11) is 0. The second kappa shape index (κ2) is 6.86. The summed E-state index contributed by atoms with van der Waals surface area (Å²) in [5, 5.41) is 9.57. The van der Waals surface area contributed by atoms with E-state index >= 15 is 0 Å². The zero-order chi connectivity index (χ0) is 17.1. The molecule has 0 bridgehead atoms. The molecule has 0 atom stereocenters. The third-order valence-corrected chi connectivity index (χ3v) is 4.42. The topological polar surface area (TPSA) is 41.6 Å². The van der Waals surface area contributed by atoms with Crippen LogP contribution in [0.5, 0.6) is 0 Å². The standard InChI is InChI=1S/C20H16BrN3/c1-14-9-17(15(2)24(14)20-7-4-8-23-13-20)10-18(12-22)16-5-3-6-19(21)11-16/h3-11,13H,1-2H3. The van der Waals surface area contributed by atoms with E-state index in [1.54, 1.807) is 6.20 Å². The molecule has 3 rings (SSSR count). The van der Waals surface area contributed by atoms with Crippen molar-refractivity contribution in [2.75, 3.05) is 0 Å². The van der Waals surface area contributed by atoms with Gasteiger partial charge in [0.2, 0.25) is 0 Å². The highest BCUT2D eigenvalue weighted by molar-refractivity contribution is 9.10. The highest BCUT2D eigenvalue weighted by Gasteiger charge is 2.11. The summed E-state index contributed by atoms with van der Waals surface area (Å²) in [6.07, 6.45) is 5.55. The molecule has 24 heavy (non-hydrogen) atoms. The number of nitrogens with zero attached hydrogens (tertiary/aromatic N) is 3. The molecule has 3 nitrogen and oxygen atoms in total. The second-order valence-corrected chi connectivity index (χ2v) is 6.47. The number of allylic oxidation sites excluding steroid dienone is 1. The smallest absolute Gasteiger partial charge is 0.0998 e. The number of hydrogen-bond donors (Lipinski definition) is 0. The van der Waals surface area contributed by atoms with Crippen LogP contribution < -0.4 is 0 Å². The van der Waals surface area contributed by atoms with Crippen LogP contribution >= 0.6 is 15.9 Å². The van der Waals surface area contributed by atoms with Crippen molar-refractivity contribution in [1.29, 1.82) is 5.26 Å². The van der Waals surface area contributed by atoms with Gasteiger partial charge >= 0.3 is 0 Å². The average Bonchev–Trinajstić information content (AvgIpc) is 2.87. The van der Waals surface area contributed by atoms with Crippen LogP contribution in [0, 0.1) is 25.2 Å². The maximum atomic E-state index is 9.57. The van der Waals surface area contributed by atoms with E-state index in [0.29, 0.717) is 5.57 Å². The van der Waals surface area contributed by atoms with Gasteiger partial charge in [-0.15, -0.1) is 0 Å². The molecule has 0 aliphatic carbocycles. The van der Waals surface area contributed by atoms with Gasteiger partial charge in [0.05, 0.1) is 23.5 Å². The van der Waals surface area contributed by atoms with Crippen molar-refractivity contribution >= 4 is 27.6 Å². The van der Waals surface area contributed by atoms with E-state index in [4.69, 9.17) is 0 Å². The van der Waals surface area contributed by atoms with Crippen LogP contribution in [0.3, 0.4) is 0 Å². The van der Waals surface area contributed by atoms with Gasteiger partial charge in [0.1, 0.15) is 0 Å². The fourth-order valence-electron chi connectivity index (χ4n) is 2.81. The van der Waals surface area contributed by atoms with Crippen molar-refractivity contribution in [3.05, 3.63) is 81.8 Å². The Morgan fingerprint density at radius 3 is 2.71 bits per heavy atom. The van der Waals surface area contributed by atoms with E-state index in [0.717, 1.165) is 32.7 Å². The van der Waals surface area contributed by atoms with Gasteiger partial charge in [0, 0.05) is 22.1 Å². The number of nitriles is 1. The summed E-state index contributed by atoms with van der Waals surface area (Å²) in [5.74, 6) is 0. The molecule has 118 valence electrons. The largest absolute Gasteiger partial charge is 0.316 e. The summed E-state index contributed by atoms with van der Waals surface area (Å²) in [5.41, 5.74) is 5.79. The zero-order valence-electron chi connectivity index (χ0n) is 13.5. The molecule has 0 fully saturated rings. The van der Waals surface area contributed by atoms with Crippen LogP contribution in [-0.4, -0.2) is 9.55 Å². The quantitative estimate of drug-likeness (QED) is 0.579. The Morgan fingerprint density at radius 2 is 2.04 bits per heavy atom. The first-order chi connectivity index (χ1) is 11.6. The number of rotatable bonds is 3. The van der Waals surface area contributed by atoms with Crippen molar-refractivity contribution < 1.29 is 0 Å². The van der Waals surface area contributed by atoms with Crippen molar-refractivity contribution in [2.24, 2.45) is 0 Å². The molecule has 0 N–H and O–H groups in total. The van der Waals surface area contributed by atoms with Crippen LogP contribution in [0.25, 0.3) is 17.3 Å². The summed E-state index contributed by atoms with van der Waals surface area (Å²) >= 11 is 3.46. The molecule has 0 saturated heterocycles. The average molecular weight is 378 g/mol. The number of aryl methyl sites for hydroxylation is 1. The number of pyridine rings is 1. The first-order valence-corrected chi connectivity index (χ1v) is 8.36. The Kier molecular flexibility index (Phi) is 4.64. The molecule has 0 spiro atoms. The lowest BCUT2D eigenvalue weighted by atomic mass is 10.0. The van der Waals surface area contributed by atoms with E-state index in [9.17, 15) is 5.26 Å². The van der Waals surface area contributed by atoms with E-state index in [1.807, 2.05) is 48.7 Å². The van der Waals surface area contributed by atoms with Crippen LogP contribution in [0.1, 0.15) is 22.5 Å². The Balaban J connectivity index is 2.09. The number of aromatic nitrogens is 2. The molecule has 0 aliphatic rings. The fraction of sp³-hybridized carbons (Fsp3) is 0.100.